The van der Waals surface area contributed by atoms with Crippen LogP contribution < -0.4 is 14.8 Å². The molecule has 2 unspecified atom stereocenters. The van der Waals surface area contributed by atoms with Gasteiger partial charge in [-0.15, -0.1) is 10.2 Å². The van der Waals surface area contributed by atoms with Crippen molar-refractivity contribution >= 4 is 27.5 Å². The lowest BCUT2D eigenvalue weighted by molar-refractivity contribution is 0.0741. The molecule has 0 spiro atoms. The Kier molecular flexibility index (Phi) is 5.79. The Morgan fingerprint density at radius 2 is 2.00 bits per heavy atom. The van der Waals surface area contributed by atoms with Crippen molar-refractivity contribution in [3.8, 4) is 5.75 Å². The van der Waals surface area contributed by atoms with E-state index < -0.39 is 39.6 Å². The molecule has 3 aromatic rings. The van der Waals surface area contributed by atoms with Crippen molar-refractivity contribution in [3.05, 3.63) is 53.3 Å². The first kappa shape index (κ1) is 23.9. The van der Waals surface area contributed by atoms with Crippen molar-refractivity contribution in [2.75, 3.05) is 25.0 Å². The number of amides is 2. The molecule has 0 radical (unpaired) electrons. The first-order valence-electron chi connectivity index (χ1n) is 11.0. The number of sulfonamides is 1. The number of carbonyl (C=O) groups is 2. The molecule has 4 heterocycles. The second kappa shape index (κ2) is 8.71. The zero-order valence-electron chi connectivity index (χ0n) is 19.6. The summed E-state index contributed by atoms with van der Waals surface area (Å²) in [4.78, 5) is 27.1. The second-order valence-corrected chi connectivity index (χ2v) is 10.5. The molecule has 2 aliphatic rings. The lowest BCUT2D eigenvalue weighted by Gasteiger charge is -2.23. The molecular formula is C22H23FN6O6S. The fourth-order valence-electron chi connectivity index (χ4n) is 4.39. The quantitative estimate of drug-likeness (QED) is 0.526. The number of likely N-dealkylation sites (tertiary alicyclic amines) is 1. The molecule has 2 N–H and O–H groups in total. The van der Waals surface area contributed by atoms with Gasteiger partial charge in [-0.25, -0.2) is 17.5 Å². The zero-order valence-corrected chi connectivity index (χ0v) is 20.4. The lowest BCUT2D eigenvalue weighted by Crippen LogP contribution is -2.43. The van der Waals surface area contributed by atoms with Crippen LogP contribution in [0.2, 0.25) is 0 Å². The molecule has 2 aromatic heterocycles. The summed E-state index contributed by atoms with van der Waals surface area (Å²) in [6.07, 6.45) is 1.29. The van der Waals surface area contributed by atoms with Crippen LogP contribution in [0.15, 0.2) is 33.7 Å². The van der Waals surface area contributed by atoms with Crippen molar-refractivity contribution < 1.29 is 31.6 Å². The fraction of sp³-hybridized carbons (Fsp3) is 0.364. The molecule has 2 atom stereocenters. The smallest absolute Gasteiger partial charge is 0.311 e. The molecule has 36 heavy (non-hydrogen) atoms. The number of benzene rings is 1. The summed E-state index contributed by atoms with van der Waals surface area (Å²) < 4.78 is 55.2. The number of halogens is 1. The number of ether oxygens (including phenoxy) is 1. The van der Waals surface area contributed by atoms with E-state index in [1.165, 1.54) is 40.9 Å². The number of fused-ring (bicyclic) bond motifs is 2. The van der Waals surface area contributed by atoms with E-state index in [9.17, 15) is 22.4 Å². The summed E-state index contributed by atoms with van der Waals surface area (Å²) in [5.41, 5.74) is 0.685. The third kappa shape index (κ3) is 4.22. The predicted octanol–water partition coefficient (Wildman–Crippen LogP) is 1.23. The SMILES string of the molecule is Cc1nnc(C(=O)N2CC3COc4c(cn(C)c4C(=O)Nc4ccc(F)c(C)c4)S(=O)(=O)NC3C2)o1. The van der Waals surface area contributed by atoms with Crippen molar-refractivity contribution in [2.45, 2.75) is 24.8 Å². The monoisotopic (exact) mass is 518 g/mol. The molecule has 0 aliphatic carbocycles. The topological polar surface area (TPSA) is 149 Å². The van der Waals surface area contributed by atoms with Crippen LogP contribution >= 0.6 is 0 Å². The van der Waals surface area contributed by atoms with Gasteiger partial charge in [0.15, 0.2) is 11.4 Å². The van der Waals surface area contributed by atoms with Crippen LogP contribution in [0.4, 0.5) is 10.1 Å². The molecule has 12 nitrogen and oxygen atoms in total. The van der Waals surface area contributed by atoms with Gasteiger partial charge < -0.3 is 23.9 Å². The van der Waals surface area contributed by atoms with Gasteiger partial charge in [0, 0.05) is 50.9 Å². The predicted molar refractivity (Wildman–Crippen MR) is 123 cm³/mol. The number of anilines is 1. The van der Waals surface area contributed by atoms with Gasteiger partial charge in [0.1, 0.15) is 10.7 Å². The Hall–Kier alpha value is -3.78. The Morgan fingerprint density at radius 3 is 2.69 bits per heavy atom. The zero-order chi connectivity index (χ0) is 25.8. The van der Waals surface area contributed by atoms with Crippen LogP contribution in [-0.4, -0.2) is 65.6 Å². The number of nitrogens with one attached hydrogen (secondary N) is 2. The van der Waals surface area contributed by atoms with Crippen molar-refractivity contribution in [2.24, 2.45) is 13.0 Å². The van der Waals surface area contributed by atoms with E-state index in [1.807, 2.05) is 0 Å². The third-order valence-electron chi connectivity index (χ3n) is 6.21. The molecule has 0 bridgehead atoms. The highest BCUT2D eigenvalue weighted by molar-refractivity contribution is 7.89. The maximum absolute atomic E-state index is 13.6. The van der Waals surface area contributed by atoms with Crippen molar-refractivity contribution in [1.82, 2.24) is 24.4 Å². The van der Waals surface area contributed by atoms with E-state index in [0.717, 1.165) is 0 Å². The van der Waals surface area contributed by atoms with E-state index in [-0.39, 0.29) is 47.8 Å². The van der Waals surface area contributed by atoms with Gasteiger partial charge in [0.2, 0.25) is 15.9 Å². The number of carbonyl (C=O) groups excluding carboxylic acids is 2. The minimum absolute atomic E-state index is 0.0110. The minimum Gasteiger partial charge on any atom is -0.489 e. The van der Waals surface area contributed by atoms with E-state index >= 15 is 0 Å². The first-order chi connectivity index (χ1) is 17.0. The molecule has 190 valence electrons. The highest BCUT2D eigenvalue weighted by Crippen LogP contribution is 2.35. The maximum Gasteiger partial charge on any atom is 0.311 e. The van der Waals surface area contributed by atoms with Crippen LogP contribution in [0.3, 0.4) is 0 Å². The average Bonchev–Trinajstić information content (AvgIpc) is 3.50. The molecule has 5 rings (SSSR count). The lowest BCUT2D eigenvalue weighted by atomic mass is 10.1. The normalized spacial score (nSPS) is 20.6. The standard InChI is InChI=1S/C22H23FN6O6S/c1-11-6-14(4-5-15(11)23)24-20(30)18-19-17(9-28(18)3)36(32,33)27-16-8-29(7-13(16)10-34-19)22(31)21-26-25-12(2)35-21/h4-6,9,13,16,27H,7-8,10H2,1-3H3,(H,24,30). The number of aryl methyl sites for hydroxylation is 3. The Balaban J connectivity index is 1.41. The molecule has 1 aromatic carbocycles. The molecule has 1 fully saturated rings. The minimum atomic E-state index is -4.10. The molecular weight excluding hydrogens is 495 g/mol. The number of hydrogen-bond donors (Lipinski definition) is 2. The van der Waals surface area contributed by atoms with E-state index in [2.05, 4.69) is 20.2 Å². The number of rotatable bonds is 3. The Labute approximate surface area is 205 Å². The third-order valence-corrected chi connectivity index (χ3v) is 7.69. The Morgan fingerprint density at radius 1 is 1.22 bits per heavy atom. The largest absolute Gasteiger partial charge is 0.489 e. The average molecular weight is 519 g/mol. The summed E-state index contributed by atoms with van der Waals surface area (Å²) in [7, 11) is -2.57. The number of hydrogen-bond acceptors (Lipinski definition) is 8. The summed E-state index contributed by atoms with van der Waals surface area (Å²) in [5, 5.41) is 10.1. The van der Waals surface area contributed by atoms with Gasteiger partial charge in [0.25, 0.3) is 5.91 Å². The molecule has 1 saturated heterocycles. The summed E-state index contributed by atoms with van der Waals surface area (Å²) >= 11 is 0. The highest BCUT2D eigenvalue weighted by Gasteiger charge is 2.43. The molecule has 14 heteroatoms. The second-order valence-electron chi connectivity index (χ2n) is 8.84. The molecule has 2 amide bonds. The van der Waals surface area contributed by atoms with Gasteiger partial charge in [-0.3, -0.25) is 9.59 Å². The summed E-state index contributed by atoms with van der Waals surface area (Å²) in [6.45, 7) is 3.45. The highest BCUT2D eigenvalue weighted by atomic mass is 32.2. The van der Waals surface area contributed by atoms with E-state index in [1.54, 1.807) is 13.8 Å². The van der Waals surface area contributed by atoms with Gasteiger partial charge >= 0.3 is 11.8 Å². The van der Waals surface area contributed by atoms with Crippen molar-refractivity contribution in [1.29, 1.82) is 0 Å². The van der Waals surface area contributed by atoms with Gasteiger partial charge in [-0.1, -0.05) is 0 Å². The first-order valence-corrected chi connectivity index (χ1v) is 12.5. The van der Waals surface area contributed by atoms with Crippen LogP contribution in [-0.2, 0) is 17.1 Å². The molecule has 0 saturated carbocycles. The van der Waals surface area contributed by atoms with Crippen LogP contribution in [0.25, 0.3) is 0 Å². The van der Waals surface area contributed by atoms with E-state index in [4.69, 9.17) is 9.15 Å². The van der Waals surface area contributed by atoms with Gasteiger partial charge in [-0.2, -0.15) is 0 Å². The van der Waals surface area contributed by atoms with Gasteiger partial charge in [-0.05, 0) is 30.7 Å². The summed E-state index contributed by atoms with van der Waals surface area (Å²) in [5.74, 6) is -1.96. The van der Waals surface area contributed by atoms with Gasteiger partial charge in [0.05, 0.1) is 6.61 Å². The molecule has 2 aliphatic heterocycles. The number of nitrogens with zero attached hydrogens (tertiary/aromatic N) is 4. The maximum atomic E-state index is 13.6. The Bertz CT molecular complexity index is 1480. The summed E-state index contributed by atoms with van der Waals surface area (Å²) in [6, 6.07) is 3.49. The fourth-order valence-corrected chi connectivity index (χ4v) is 5.88. The van der Waals surface area contributed by atoms with Crippen LogP contribution in [0.5, 0.6) is 5.75 Å². The van der Waals surface area contributed by atoms with Crippen LogP contribution in [0, 0.1) is 25.6 Å². The number of aromatic nitrogens is 3. The van der Waals surface area contributed by atoms with Crippen LogP contribution in [0.1, 0.15) is 32.6 Å². The van der Waals surface area contributed by atoms with E-state index in [0.29, 0.717) is 11.3 Å². The van der Waals surface area contributed by atoms with Crippen molar-refractivity contribution in [3.63, 3.8) is 0 Å².